The van der Waals surface area contributed by atoms with Gasteiger partial charge in [0.05, 0.1) is 13.2 Å². The molecule has 0 spiro atoms. The predicted molar refractivity (Wildman–Crippen MR) is 135 cm³/mol. The van der Waals surface area contributed by atoms with E-state index in [1.54, 1.807) is 6.08 Å². The van der Waals surface area contributed by atoms with Crippen LogP contribution in [-0.2, 0) is 16.1 Å². The van der Waals surface area contributed by atoms with Crippen LogP contribution in [0.2, 0.25) is 0 Å². The molecule has 0 aliphatic heterocycles. The third-order valence-corrected chi connectivity index (χ3v) is 6.23. The zero-order valence-electron chi connectivity index (χ0n) is 19.9. The van der Waals surface area contributed by atoms with Gasteiger partial charge in [-0.05, 0) is 67.5 Å². The Kier molecular flexibility index (Phi) is 6.01. The van der Waals surface area contributed by atoms with Gasteiger partial charge in [0.15, 0.2) is 5.65 Å². The minimum Gasteiger partial charge on any atom is -0.463 e. The highest BCUT2D eigenvalue weighted by atomic mass is 16.5. The summed E-state index contributed by atoms with van der Waals surface area (Å²) in [6.45, 7) is 7.04. The fourth-order valence-corrected chi connectivity index (χ4v) is 4.45. The third-order valence-electron chi connectivity index (χ3n) is 6.23. The molecular weight excluding hydrogens is 422 g/mol. The first-order valence-electron chi connectivity index (χ1n) is 11.9. The van der Waals surface area contributed by atoms with Crippen LogP contribution in [0.25, 0.3) is 16.7 Å². The summed E-state index contributed by atoms with van der Waals surface area (Å²) in [6.07, 6.45) is 3.97. The molecule has 1 saturated carbocycles. The van der Waals surface area contributed by atoms with Gasteiger partial charge in [-0.25, -0.2) is 14.8 Å². The normalized spacial score (nSPS) is 13.9. The molecule has 0 amide bonds. The fourth-order valence-electron chi connectivity index (χ4n) is 4.45. The van der Waals surface area contributed by atoms with Gasteiger partial charge in [0, 0.05) is 17.7 Å². The molecule has 5 rings (SSSR count). The van der Waals surface area contributed by atoms with Crippen LogP contribution in [-0.4, -0.2) is 27.1 Å². The van der Waals surface area contributed by atoms with Gasteiger partial charge in [-0.3, -0.25) is 0 Å². The van der Waals surface area contributed by atoms with Gasteiger partial charge in [-0.2, -0.15) is 0 Å². The highest BCUT2D eigenvalue weighted by Crippen LogP contribution is 2.41. The predicted octanol–water partition coefficient (Wildman–Crippen LogP) is 5.97. The first-order valence-corrected chi connectivity index (χ1v) is 11.9. The van der Waals surface area contributed by atoms with Crippen LogP contribution in [0.15, 0.2) is 66.7 Å². The van der Waals surface area contributed by atoms with Gasteiger partial charge in [0.2, 0.25) is 0 Å². The number of hydrogen-bond donors (Lipinski definition) is 0. The van der Waals surface area contributed by atoms with Gasteiger partial charge in [0.1, 0.15) is 11.3 Å². The summed E-state index contributed by atoms with van der Waals surface area (Å²) in [5, 5.41) is 0. The quantitative estimate of drug-likeness (QED) is 0.257. The molecule has 0 bridgehead atoms. The Morgan fingerprint density at radius 3 is 2.41 bits per heavy atom. The SMILES string of the molecule is CCOC(=O)/C=C(\c1ccccc1)c1ccc(Cn2c(C3CC3)nc3c(C)cc(C)nc32)cc1. The lowest BCUT2D eigenvalue weighted by molar-refractivity contribution is -0.137. The average molecular weight is 452 g/mol. The summed E-state index contributed by atoms with van der Waals surface area (Å²) >= 11 is 0. The number of esters is 1. The maximum atomic E-state index is 12.2. The lowest BCUT2D eigenvalue weighted by Gasteiger charge is -2.12. The molecule has 5 nitrogen and oxygen atoms in total. The number of hydrogen-bond acceptors (Lipinski definition) is 4. The number of benzene rings is 2. The van der Waals surface area contributed by atoms with Crippen molar-refractivity contribution in [3.8, 4) is 0 Å². The lowest BCUT2D eigenvalue weighted by atomic mass is 9.96. The van der Waals surface area contributed by atoms with Crippen LogP contribution in [0.5, 0.6) is 0 Å². The molecule has 5 heteroatoms. The second kappa shape index (κ2) is 9.26. The van der Waals surface area contributed by atoms with Crippen molar-refractivity contribution in [1.82, 2.24) is 14.5 Å². The minimum absolute atomic E-state index is 0.332. The molecule has 1 aliphatic carbocycles. The molecule has 2 aromatic carbocycles. The topological polar surface area (TPSA) is 57.0 Å². The van der Waals surface area contributed by atoms with Crippen molar-refractivity contribution in [2.75, 3.05) is 6.61 Å². The van der Waals surface area contributed by atoms with E-state index >= 15 is 0 Å². The van der Waals surface area contributed by atoms with Crippen molar-refractivity contribution in [2.45, 2.75) is 46.1 Å². The van der Waals surface area contributed by atoms with Crippen LogP contribution in [0.4, 0.5) is 0 Å². The van der Waals surface area contributed by atoms with E-state index in [1.807, 2.05) is 44.2 Å². The fraction of sp³-hybridized carbons (Fsp3) is 0.276. The number of aromatic nitrogens is 3. The third kappa shape index (κ3) is 4.51. The monoisotopic (exact) mass is 451 g/mol. The molecule has 172 valence electrons. The zero-order valence-corrected chi connectivity index (χ0v) is 19.9. The standard InChI is InChI=1S/C29H29N3O2/c1-4-34-26(33)17-25(22-8-6-5-7-9-22)23-12-10-21(11-13-23)18-32-28(24-14-15-24)31-27-19(2)16-20(3)30-29(27)32/h5-13,16-17,24H,4,14-15,18H2,1-3H3/b25-17+. The van der Waals surface area contributed by atoms with Crippen LogP contribution in [0.1, 0.15) is 59.5 Å². The lowest BCUT2D eigenvalue weighted by Crippen LogP contribution is -2.06. The molecule has 4 aromatic rings. The van der Waals surface area contributed by atoms with Gasteiger partial charge < -0.3 is 9.30 Å². The highest BCUT2D eigenvalue weighted by Gasteiger charge is 2.30. The number of carbonyl (C=O) groups excluding carboxylic acids is 1. The Labute approximate surface area is 200 Å². The molecule has 1 fully saturated rings. The Morgan fingerprint density at radius 2 is 1.74 bits per heavy atom. The van der Waals surface area contributed by atoms with Crippen LogP contribution < -0.4 is 0 Å². The van der Waals surface area contributed by atoms with Gasteiger partial charge in [-0.15, -0.1) is 0 Å². The Balaban J connectivity index is 1.49. The molecule has 1 aliphatic rings. The molecule has 0 saturated heterocycles. The van der Waals surface area contributed by atoms with Crippen molar-refractivity contribution in [2.24, 2.45) is 0 Å². The smallest absolute Gasteiger partial charge is 0.331 e. The first kappa shape index (κ1) is 22.1. The number of ether oxygens (including phenoxy) is 1. The van der Waals surface area contributed by atoms with Gasteiger partial charge in [-0.1, -0.05) is 54.6 Å². The maximum Gasteiger partial charge on any atom is 0.331 e. The average Bonchev–Trinajstić information content (AvgIpc) is 3.62. The van der Waals surface area contributed by atoms with Gasteiger partial charge in [0.25, 0.3) is 0 Å². The molecule has 0 atom stereocenters. The number of fused-ring (bicyclic) bond motifs is 1. The van der Waals surface area contributed by atoms with Crippen molar-refractivity contribution in [1.29, 1.82) is 0 Å². The summed E-state index contributed by atoms with van der Waals surface area (Å²) < 4.78 is 7.46. The first-order chi connectivity index (χ1) is 16.5. The van der Waals surface area contributed by atoms with E-state index in [9.17, 15) is 4.79 Å². The molecule has 34 heavy (non-hydrogen) atoms. The summed E-state index contributed by atoms with van der Waals surface area (Å²) in [7, 11) is 0. The van der Waals surface area contributed by atoms with E-state index in [-0.39, 0.29) is 5.97 Å². The number of nitrogens with zero attached hydrogens (tertiary/aromatic N) is 3. The minimum atomic E-state index is -0.332. The summed E-state index contributed by atoms with van der Waals surface area (Å²) in [5.41, 5.74) is 8.15. The Hall–Kier alpha value is -3.73. The van der Waals surface area contributed by atoms with E-state index in [1.165, 1.54) is 24.0 Å². The van der Waals surface area contributed by atoms with E-state index in [0.29, 0.717) is 12.5 Å². The second-order valence-corrected chi connectivity index (χ2v) is 8.96. The van der Waals surface area contributed by atoms with E-state index < -0.39 is 0 Å². The van der Waals surface area contributed by atoms with Crippen molar-refractivity contribution < 1.29 is 9.53 Å². The van der Waals surface area contributed by atoms with Crippen molar-refractivity contribution in [3.63, 3.8) is 0 Å². The zero-order chi connectivity index (χ0) is 23.7. The molecule has 2 aromatic heterocycles. The summed E-state index contributed by atoms with van der Waals surface area (Å²) in [6, 6.07) is 20.5. The summed E-state index contributed by atoms with van der Waals surface area (Å²) in [4.78, 5) is 22.1. The molecular formula is C29H29N3O2. The van der Waals surface area contributed by atoms with Crippen LogP contribution >= 0.6 is 0 Å². The van der Waals surface area contributed by atoms with Gasteiger partial charge >= 0.3 is 5.97 Å². The largest absolute Gasteiger partial charge is 0.463 e. The van der Waals surface area contributed by atoms with E-state index in [4.69, 9.17) is 14.7 Å². The molecule has 2 heterocycles. The van der Waals surface area contributed by atoms with E-state index in [0.717, 1.165) is 45.9 Å². The number of pyridine rings is 1. The second-order valence-electron chi connectivity index (χ2n) is 8.96. The highest BCUT2D eigenvalue weighted by molar-refractivity contribution is 5.96. The maximum absolute atomic E-state index is 12.2. The van der Waals surface area contributed by atoms with Crippen LogP contribution in [0.3, 0.4) is 0 Å². The molecule has 0 unspecified atom stereocenters. The van der Waals surface area contributed by atoms with Crippen LogP contribution in [0, 0.1) is 13.8 Å². The Bertz CT molecular complexity index is 1360. The number of carbonyl (C=O) groups is 1. The van der Waals surface area contributed by atoms with Crippen molar-refractivity contribution in [3.05, 3.63) is 101 Å². The molecule has 0 radical (unpaired) electrons. The number of imidazole rings is 1. The van der Waals surface area contributed by atoms with E-state index in [2.05, 4.69) is 41.8 Å². The number of aryl methyl sites for hydroxylation is 2. The molecule has 0 N–H and O–H groups in total. The summed E-state index contributed by atoms with van der Waals surface area (Å²) in [5.74, 6) is 1.35. The van der Waals surface area contributed by atoms with Crippen molar-refractivity contribution >= 4 is 22.7 Å². The number of rotatable bonds is 7. The Morgan fingerprint density at radius 1 is 1.03 bits per heavy atom.